The fraction of sp³-hybridized carbons (Fsp3) is 0.556. The van der Waals surface area contributed by atoms with Crippen molar-refractivity contribution in [3.63, 3.8) is 0 Å². The third kappa shape index (κ3) is 5.65. The van der Waals surface area contributed by atoms with Gasteiger partial charge in [0.05, 0.1) is 6.21 Å². The number of hydrogen-bond donors (Lipinski definition) is 1. The largest absolute Gasteiger partial charge is 0.274 e. The van der Waals surface area contributed by atoms with Crippen LogP contribution < -0.4 is 5.43 Å². The summed E-state index contributed by atoms with van der Waals surface area (Å²) in [6, 6.07) is 0. The fourth-order valence-electron chi connectivity index (χ4n) is 0.757. The van der Waals surface area contributed by atoms with Crippen molar-refractivity contribution in [2.45, 2.75) is 33.6 Å². The topological polar surface area (TPSA) is 41.5 Å². The first-order valence-electron chi connectivity index (χ1n) is 4.19. The maximum Gasteiger partial charge on any atom is 0.236 e. The SMILES string of the molecule is CC/C=C(/C=N\NC(C)=O)CC. The molecule has 1 amide bonds. The minimum atomic E-state index is -0.141. The van der Waals surface area contributed by atoms with Crippen molar-refractivity contribution < 1.29 is 4.79 Å². The molecule has 0 saturated heterocycles. The quantitative estimate of drug-likeness (QED) is 0.505. The molecule has 0 fully saturated rings. The van der Waals surface area contributed by atoms with Crippen LogP contribution in [0.15, 0.2) is 16.8 Å². The maximum absolute atomic E-state index is 10.4. The van der Waals surface area contributed by atoms with E-state index >= 15 is 0 Å². The second-order valence-corrected chi connectivity index (χ2v) is 2.47. The van der Waals surface area contributed by atoms with Crippen molar-refractivity contribution in [3.8, 4) is 0 Å². The highest BCUT2D eigenvalue weighted by atomic mass is 16.2. The van der Waals surface area contributed by atoms with Crippen LogP contribution >= 0.6 is 0 Å². The summed E-state index contributed by atoms with van der Waals surface area (Å²) in [5.41, 5.74) is 3.50. The van der Waals surface area contributed by atoms with E-state index in [1.54, 1.807) is 6.21 Å². The molecule has 0 aromatic rings. The van der Waals surface area contributed by atoms with E-state index in [2.05, 4.69) is 30.5 Å². The van der Waals surface area contributed by atoms with Gasteiger partial charge in [-0.05, 0) is 18.4 Å². The summed E-state index contributed by atoms with van der Waals surface area (Å²) in [7, 11) is 0. The first-order valence-corrected chi connectivity index (χ1v) is 4.19. The molecule has 68 valence electrons. The van der Waals surface area contributed by atoms with Gasteiger partial charge in [-0.1, -0.05) is 19.9 Å². The Labute approximate surface area is 73.5 Å². The fourth-order valence-corrected chi connectivity index (χ4v) is 0.757. The molecule has 3 nitrogen and oxygen atoms in total. The summed E-state index contributed by atoms with van der Waals surface area (Å²) in [4.78, 5) is 10.4. The first-order chi connectivity index (χ1) is 5.70. The predicted octanol–water partition coefficient (Wildman–Crippen LogP) is 1.85. The van der Waals surface area contributed by atoms with Crippen LogP contribution in [0.25, 0.3) is 0 Å². The van der Waals surface area contributed by atoms with Gasteiger partial charge in [0.2, 0.25) is 5.91 Å². The van der Waals surface area contributed by atoms with Gasteiger partial charge in [-0.3, -0.25) is 4.79 Å². The molecule has 0 atom stereocenters. The number of rotatable bonds is 4. The lowest BCUT2D eigenvalue weighted by Gasteiger charge is -1.95. The Balaban J connectivity index is 3.93. The second kappa shape index (κ2) is 6.58. The van der Waals surface area contributed by atoms with E-state index in [-0.39, 0.29) is 5.91 Å². The number of carbonyl (C=O) groups is 1. The van der Waals surface area contributed by atoms with Crippen LogP contribution in [-0.2, 0) is 4.79 Å². The molecular weight excluding hydrogens is 152 g/mol. The zero-order chi connectivity index (χ0) is 9.40. The molecule has 0 radical (unpaired) electrons. The summed E-state index contributed by atoms with van der Waals surface area (Å²) < 4.78 is 0. The molecule has 0 heterocycles. The van der Waals surface area contributed by atoms with E-state index in [9.17, 15) is 4.79 Å². The zero-order valence-corrected chi connectivity index (χ0v) is 7.92. The molecule has 0 aromatic heterocycles. The molecule has 0 spiro atoms. The van der Waals surface area contributed by atoms with Gasteiger partial charge in [0, 0.05) is 6.92 Å². The number of hydrazone groups is 1. The zero-order valence-electron chi connectivity index (χ0n) is 7.92. The van der Waals surface area contributed by atoms with Crippen LogP contribution in [0.3, 0.4) is 0 Å². The Morgan fingerprint density at radius 1 is 1.50 bits per heavy atom. The number of hydrogen-bond acceptors (Lipinski definition) is 2. The van der Waals surface area contributed by atoms with Crippen molar-refractivity contribution in [3.05, 3.63) is 11.6 Å². The van der Waals surface area contributed by atoms with Crippen molar-refractivity contribution in [2.24, 2.45) is 5.10 Å². The second-order valence-electron chi connectivity index (χ2n) is 2.47. The summed E-state index contributed by atoms with van der Waals surface area (Å²) in [6.07, 6.45) is 5.71. The van der Waals surface area contributed by atoms with Crippen molar-refractivity contribution in [1.82, 2.24) is 5.43 Å². The van der Waals surface area contributed by atoms with Gasteiger partial charge in [0.1, 0.15) is 0 Å². The van der Waals surface area contributed by atoms with E-state index < -0.39 is 0 Å². The molecule has 0 aliphatic carbocycles. The standard InChI is InChI=1S/C9H16N2O/c1-4-6-9(5-2)7-10-11-8(3)12/h6-7H,4-5H2,1-3H3,(H,11,12)/b9-6+,10-7-. The van der Waals surface area contributed by atoms with E-state index in [0.29, 0.717) is 0 Å². The molecule has 0 unspecified atom stereocenters. The Bertz CT molecular complexity index is 195. The van der Waals surface area contributed by atoms with Gasteiger partial charge >= 0.3 is 0 Å². The average molecular weight is 168 g/mol. The Kier molecular flexibility index (Phi) is 5.97. The van der Waals surface area contributed by atoms with Gasteiger partial charge in [-0.2, -0.15) is 5.10 Å². The van der Waals surface area contributed by atoms with Crippen LogP contribution in [0.4, 0.5) is 0 Å². The minimum Gasteiger partial charge on any atom is -0.274 e. The summed E-state index contributed by atoms with van der Waals surface area (Å²) in [5, 5.41) is 3.77. The molecule has 3 heteroatoms. The van der Waals surface area contributed by atoms with Gasteiger partial charge in [-0.15, -0.1) is 0 Å². The summed E-state index contributed by atoms with van der Waals surface area (Å²) >= 11 is 0. The van der Waals surface area contributed by atoms with E-state index in [4.69, 9.17) is 0 Å². The molecular formula is C9H16N2O. The monoisotopic (exact) mass is 168 g/mol. The van der Waals surface area contributed by atoms with Crippen LogP contribution in [0.2, 0.25) is 0 Å². The Hall–Kier alpha value is -1.12. The minimum absolute atomic E-state index is 0.141. The Morgan fingerprint density at radius 3 is 2.58 bits per heavy atom. The van der Waals surface area contributed by atoms with E-state index in [1.807, 2.05) is 0 Å². The van der Waals surface area contributed by atoms with Crippen LogP contribution in [-0.4, -0.2) is 12.1 Å². The third-order valence-corrected chi connectivity index (χ3v) is 1.33. The lowest BCUT2D eigenvalue weighted by Crippen LogP contribution is -2.12. The van der Waals surface area contributed by atoms with Gasteiger partial charge in [0.25, 0.3) is 0 Å². The summed E-state index contributed by atoms with van der Waals surface area (Å²) in [6.45, 7) is 5.57. The van der Waals surface area contributed by atoms with E-state index in [0.717, 1.165) is 18.4 Å². The van der Waals surface area contributed by atoms with Crippen molar-refractivity contribution in [2.75, 3.05) is 0 Å². The van der Waals surface area contributed by atoms with Crippen molar-refractivity contribution in [1.29, 1.82) is 0 Å². The highest BCUT2D eigenvalue weighted by Gasteiger charge is 1.87. The molecule has 12 heavy (non-hydrogen) atoms. The lowest BCUT2D eigenvalue weighted by molar-refractivity contribution is -0.118. The number of amides is 1. The van der Waals surface area contributed by atoms with Crippen LogP contribution in [0.1, 0.15) is 33.6 Å². The highest BCUT2D eigenvalue weighted by Crippen LogP contribution is 1.97. The average Bonchev–Trinajstić information content (AvgIpc) is 2.02. The molecule has 0 saturated carbocycles. The van der Waals surface area contributed by atoms with Crippen LogP contribution in [0, 0.1) is 0 Å². The number of nitrogens with zero attached hydrogens (tertiary/aromatic N) is 1. The number of nitrogens with one attached hydrogen (secondary N) is 1. The molecule has 0 aliphatic heterocycles. The molecule has 0 bridgehead atoms. The lowest BCUT2D eigenvalue weighted by atomic mass is 10.2. The smallest absolute Gasteiger partial charge is 0.236 e. The van der Waals surface area contributed by atoms with E-state index in [1.165, 1.54) is 6.92 Å². The number of allylic oxidation sites excluding steroid dienone is 2. The normalized spacial score (nSPS) is 12.1. The van der Waals surface area contributed by atoms with Crippen molar-refractivity contribution >= 4 is 12.1 Å². The highest BCUT2D eigenvalue weighted by molar-refractivity contribution is 5.80. The first kappa shape index (κ1) is 10.9. The van der Waals surface area contributed by atoms with Gasteiger partial charge in [0.15, 0.2) is 0 Å². The van der Waals surface area contributed by atoms with Crippen LogP contribution in [0.5, 0.6) is 0 Å². The molecule has 0 aromatic carbocycles. The maximum atomic E-state index is 10.4. The predicted molar refractivity (Wildman–Crippen MR) is 51.0 cm³/mol. The molecule has 1 N–H and O–H groups in total. The number of carbonyl (C=O) groups excluding carboxylic acids is 1. The Morgan fingerprint density at radius 2 is 2.17 bits per heavy atom. The van der Waals surface area contributed by atoms with Gasteiger partial charge in [-0.25, -0.2) is 5.43 Å². The summed E-state index contributed by atoms with van der Waals surface area (Å²) in [5.74, 6) is -0.141. The van der Waals surface area contributed by atoms with Gasteiger partial charge < -0.3 is 0 Å². The third-order valence-electron chi connectivity index (χ3n) is 1.33. The molecule has 0 rings (SSSR count). The molecule has 0 aliphatic rings.